The van der Waals surface area contributed by atoms with Crippen LogP contribution in [0.15, 0.2) is 30.3 Å². The third-order valence-electron chi connectivity index (χ3n) is 6.15. The van der Waals surface area contributed by atoms with Crippen LogP contribution >= 0.6 is 0 Å². The van der Waals surface area contributed by atoms with Crippen molar-refractivity contribution in [2.75, 3.05) is 0 Å². The summed E-state index contributed by atoms with van der Waals surface area (Å²) >= 11 is 0. The Morgan fingerprint density at radius 1 is 0.500 bits per heavy atom. The van der Waals surface area contributed by atoms with Crippen LogP contribution in [-0.2, 0) is 61.3 Å². The number of rotatable bonds is 5. The average Bonchev–Trinajstić information content (AvgIpc) is 3.74. The SMILES string of the molecule is CC(C)(C)[S@@](=O)[C]1[CH][CH][CH][C]1C(O)([C]1[CH][CH][CH][C]1[S@](=O)C(C)(C)C)c1ccccc1.[CH]1[CH][CH][CH][CH]1.[CH]1[CH][CH][CH][CH]1.[Fe+2].[Fe+2]. The number of aliphatic hydroxyl groups is 1. The smallest absolute Gasteiger partial charge is 0.384 e. The molecule has 0 amide bonds. The summed E-state index contributed by atoms with van der Waals surface area (Å²) in [4.78, 5) is 0. The third kappa shape index (κ3) is 10.8. The normalized spacial score (nSPS) is 22.3. The first-order valence-corrected chi connectivity index (χ1v) is 15.7. The number of hydrogen-bond donors (Lipinski definition) is 1. The molecule has 0 bridgehead atoms. The van der Waals surface area contributed by atoms with Crippen LogP contribution in [0.25, 0.3) is 0 Å². The molecule has 0 saturated heterocycles. The minimum atomic E-state index is -1.57. The molecule has 3 nitrogen and oxygen atoms in total. The fourth-order valence-corrected chi connectivity index (χ4v) is 6.72. The van der Waals surface area contributed by atoms with Crippen LogP contribution in [0.5, 0.6) is 0 Å². The molecule has 0 unspecified atom stereocenters. The van der Waals surface area contributed by atoms with Crippen LogP contribution < -0.4 is 0 Å². The van der Waals surface area contributed by atoms with Gasteiger partial charge in [0.05, 0.1) is 10.5 Å². The first-order valence-electron chi connectivity index (χ1n) is 13.4. The van der Waals surface area contributed by atoms with Gasteiger partial charge in [0.25, 0.3) is 0 Å². The molecule has 1 N–H and O–H groups in total. The van der Waals surface area contributed by atoms with Gasteiger partial charge in [0.2, 0.25) is 0 Å². The Labute approximate surface area is 285 Å². The Morgan fingerprint density at radius 2 is 0.810 bits per heavy atom. The van der Waals surface area contributed by atoms with Crippen molar-refractivity contribution in [1.29, 1.82) is 0 Å². The fraction of sp³-hybridized carbons (Fsp3) is 0.257. The van der Waals surface area contributed by atoms with Crippen molar-refractivity contribution >= 4 is 21.6 Å². The summed E-state index contributed by atoms with van der Waals surface area (Å²) in [6, 6.07) is 9.34. The van der Waals surface area contributed by atoms with Gasteiger partial charge in [-0.15, -0.1) is 0 Å². The molecule has 5 rings (SSSR count). The Bertz CT molecular complexity index is 865. The number of hydrogen-bond acceptors (Lipinski definition) is 3. The van der Waals surface area contributed by atoms with E-state index >= 15 is 0 Å². The van der Waals surface area contributed by atoms with E-state index in [9.17, 15) is 13.5 Å². The molecule has 0 heterocycles. The second-order valence-corrected chi connectivity index (χ2v) is 15.8. The summed E-state index contributed by atoms with van der Waals surface area (Å²) in [6.45, 7) is 11.5. The Kier molecular flexibility index (Phi) is 18.0. The predicted molar refractivity (Wildman–Crippen MR) is 168 cm³/mol. The molecule has 1 aromatic rings. The van der Waals surface area contributed by atoms with Crippen molar-refractivity contribution in [3.63, 3.8) is 0 Å². The monoisotopic (exact) mass is 684 g/mol. The van der Waals surface area contributed by atoms with Crippen molar-refractivity contribution in [2.24, 2.45) is 0 Å². The van der Waals surface area contributed by atoms with E-state index in [1.165, 1.54) is 0 Å². The summed E-state index contributed by atoms with van der Waals surface area (Å²) in [7, 11) is -2.67. The van der Waals surface area contributed by atoms with Gasteiger partial charge in [0.15, 0.2) is 0 Å². The second-order valence-electron chi connectivity index (χ2n) is 11.4. The van der Waals surface area contributed by atoms with Gasteiger partial charge < -0.3 is 5.11 Å². The van der Waals surface area contributed by atoms with Crippen LogP contribution in [0.4, 0.5) is 0 Å². The molecule has 0 aromatic heterocycles. The Hall–Kier alpha value is 0.519. The maximum atomic E-state index is 13.3. The molecule has 4 aliphatic rings. The van der Waals surface area contributed by atoms with Gasteiger partial charge in [-0.05, 0) is 150 Å². The molecule has 0 spiro atoms. The zero-order chi connectivity index (χ0) is 29.4. The molecule has 2 atom stereocenters. The van der Waals surface area contributed by atoms with Crippen molar-refractivity contribution in [2.45, 2.75) is 56.6 Å². The van der Waals surface area contributed by atoms with Gasteiger partial charge >= 0.3 is 34.1 Å². The summed E-state index contributed by atoms with van der Waals surface area (Å²) < 4.78 is 25.7. The topological polar surface area (TPSA) is 54.4 Å². The van der Waals surface area contributed by atoms with Gasteiger partial charge in [-0.1, -0.05) is 30.3 Å². The first kappa shape index (κ1) is 40.5. The zero-order valence-electron chi connectivity index (χ0n) is 24.9. The minimum Gasteiger partial charge on any atom is -0.384 e. The molecular formula is C35H40Fe2O3S2+4. The number of benzene rings is 1. The summed E-state index contributed by atoms with van der Waals surface area (Å²) in [5.41, 5.74) is -0.914. The molecule has 4 aliphatic carbocycles. The molecule has 222 valence electrons. The summed E-state index contributed by atoms with van der Waals surface area (Å²) in [6.07, 6.45) is 30.9. The van der Waals surface area contributed by atoms with Crippen LogP contribution in [0.2, 0.25) is 0 Å². The van der Waals surface area contributed by atoms with E-state index in [1.807, 2.05) is 175 Å². The summed E-state index contributed by atoms with van der Waals surface area (Å²) in [5, 5.41) is 13.5. The molecule has 42 heavy (non-hydrogen) atoms. The van der Waals surface area contributed by atoms with E-state index in [1.54, 1.807) is 0 Å². The standard InChI is InChI=1S/C25H30O3S2.2C5H5.2Fe/c1-23(2,3)29(27)21-16-10-14-19(21)25(26,18-12-8-7-9-13-18)20-15-11-17-22(20)30(28)24(4,5)6;2*1-2-4-5-3-1;;/h7-17,26H,1-6H3;2*1-5H;;/q;;;2*+2/t29-,30-;;;;/m0..../s1. The Morgan fingerprint density at radius 3 is 1.10 bits per heavy atom. The van der Waals surface area contributed by atoms with E-state index in [0.717, 1.165) is 0 Å². The van der Waals surface area contributed by atoms with Gasteiger partial charge in [0.1, 0.15) is 5.60 Å². The van der Waals surface area contributed by atoms with Crippen LogP contribution in [0.1, 0.15) is 47.1 Å². The maximum Gasteiger partial charge on any atom is 2.00 e. The molecule has 20 radical (unpaired) electrons. The summed E-state index contributed by atoms with van der Waals surface area (Å²) in [5.74, 6) is 1.14. The van der Waals surface area contributed by atoms with E-state index in [4.69, 9.17) is 0 Å². The molecule has 1 aromatic carbocycles. The van der Waals surface area contributed by atoms with Gasteiger partial charge in [0, 0.05) is 42.9 Å². The van der Waals surface area contributed by atoms with Crippen molar-refractivity contribution in [3.8, 4) is 0 Å². The minimum absolute atomic E-state index is 0. The van der Waals surface area contributed by atoms with Crippen LogP contribution in [0, 0.1) is 125 Å². The second kappa shape index (κ2) is 18.6. The molecule has 0 aliphatic heterocycles. The van der Waals surface area contributed by atoms with Crippen LogP contribution in [-0.4, -0.2) is 23.0 Å². The van der Waals surface area contributed by atoms with Crippen molar-refractivity contribution < 1.29 is 47.7 Å². The maximum absolute atomic E-state index is 13.3. The first-order chi connectivity index (χ1) is 18.9. The predicted octanol–water partition coefficient (Wildman–Crippen LogP) is 6.47. The molecule has 4 saturated carbocycles. The van der Waals surface area contributed by atoms with E-state index in [0.29, 0.717) is 27.9 Å². The van der Waals surface area contributed by atoms with Crippen molar-refractivity contribution in [1.82, 2.24) is 0 Å². The van der Waals surface area contributed by atoms with E-state index in [-0.39, 0.29) is 34.1 Å². The van der Waals surface area contributed by atoms with E-state index < -0.39 is 36.7 Å². The third-order valence-corrected chi connectivity index (χ3v) is 9.88. The average molecular weight is 685 g/mol. The van der Waals surface area contributed by atoms with Crippen LogP contribution in [0.3, 0.4) is 0 Å². The fourth-order valence-electron chi connectivity index (χ4n) is 4.17. The van der Waals surface area contributed by atoms with Gasteiger partial charge in [-0.3, -0.25) is 8.42 Å². The molecular weight excluding hydrogens is 644 g/mol. The van der Waals surface area contributed by atoms with Crippen molar-refractivity contribution in [3.05, 3.63) is 161 Å². The van der Waals surface area contributed by atoms with Gasteiger partial charge in [-0.25, -0.2) is 0 Å². The Balaban J connectivity index is 0.000000617. The quantitative estimate of drug-likeness (QED) is 0.362. The zero-order valence-corrected chi connectivity index (χ0v) is 28.8. The molecule has 7 heteroatoms. The largest absolute Gasteiger partial charge is 2.00 e. The van der Waals surface area contributed by atoms with Gasteiger partial charge in [-0.2, -0.15) is 0 Å². The molecule has 4 fully saturated rings. The van der Waals surface area contributed by atoms with E-state index in [2.05, 4.69) is 0 Å².